The van der Waals surface area contributed by atoms with Crippen LogP contribution in [0.4, 0.5) is 20.4 Å². The van der Waals surface area contributed by atoms with E-state index in [4.69, 9.17) is 11.4 Å². The van der Waals surface area contributed by atoms with Crippen LogP contribution in [-0.2, 0) is 22.4 Å². The zero-order valence-electron chi connectivity index (χ0n) is 35.1. The Morgan fingerprint density at radius 2 is 1.16 bits per heavy atom. The monoisotopic (exact) mass is 978 g/mol. The normalized spacial score (nSPS) is 10.2. The molecule has 1 amide bonds. The number of nitrogens with two attached hydrogens (primary N) is 1. The molecule has 0 saturated carbocycles. The van der Waals surface area contributed by atoms with Gasteiger partial charge in [-0.15, -0.1) is 0 Å². The number of hydrogen-bond acceptors (Lipinski definition) is 13. The molecule has 0 atom stereocenters. The number of nitrogens with zero attached hydrogens (tertiary/aromatic N) is 10. The first-order valence-corrected chi connectivity index (χ1v) is 20.9. The fourth-order valence-corrected chi connectivity index (χ4v) is 5.80. The molecular weight excluding hydrogens is 933 g/mol. The summed E-state index contributed by atoms with van der Waals surface area (Å²) in [5.74, 6) is -1.29. The summed E-state index contributed by atoms with van der Waals surface area (Å²) in [6, 6.07) is 24.1. The molecule has 0 spiro atoms. The Morgan fingerprint density at radius 1 is 0.656 bits per heavy atom. The van der Waals surface area contributed by atoms with Crippen LogP contribution in [-0.4, -0.2) is 72.8 Å². The van der Waals surface area contributed by atoms with E-state index in [0.29, 0.717) is 45.4 Å². The van der Waals surface area contributed by atoms with Crippen molar-refractivity contribution in [2.45, 2.75) is 34.1 Å². The van der Waals surface area contributed by atoms with Crippen molar-refractivity contribution in [2.75, 3.05) is 16.0 Å². The van der Waals surface area contributed by atoms with Crippen LogP contribution in [0.5, 0.6) is 0 Å². The van der Waals surface area contributed by atoms with Crippen molar-refractivity contribution in [3.63, 3.8) is 0 Å². The standard InChI is InChI=1S/C22H17FN6O.C13H11FN2O2.C9H8N4.CH4I.CH4/c1-14-9-15(12-26-22(14)16-6-8-24-19(23)11-16)10-21(30)28-20-5-4-17(13-25-20)18-3-2-7-27-29-18;1-8-4-9(5-12(17)18)7-16-13(8)10-2-3-15-11(14)6-10;10-9-4-3-7(6-11-9)8-2-1-5-12-13-8;1-2;/h2-9,11-13H,10H2,1H3,(H,25,28,30);2-4,6-7H,5H2,1H3,(H,17,18);1-6H,(H2,10,11);2H,1H3;1H4/q;;;-1;/i;;;2D;. The van der Waals surface area contributed by atoms with Gasteiger partial charge in [-0.1, -0.05) is 19.6 Å². The van der Waals surface area contributed by atoms with Gasteiger partial charge in [0.1, 0.15) is 11.6 Å². The molecule has 0 aromatic carbocycles. The fourth-order valence-electron chi connectivity index (χ4n) is 5.80. The number of carboxylic acid groups (broad SMARTS) is 1. The van der Waals surface area contributed by atoms with Crippen molar-refractivity contribution < 1.29 is 45.9 Å². The van der Waals surface area contributed by atoms with Gasteiger partial charge in [0.2, 0.25) is 17.8 Å². The van der Waals surface area contributed by atoms with Gasteiger partial charge >= 0.3 is 33.9 Å². The van der Waals surface area contributed by atoms with E-state index >= 15 is 0 Å². The average Bonchev–Trinajstić information content (AvgIpc) is 3.28. The third kappa shape index (κ3) is 14.8. The Hall–Kier alpha value is -7.61. The molecule has 0 radical (unpaired) electrons. The zero-order valence-corrected chi connectivity index (χ0v) is 36.2. The first-order valence-electron chi connectivity index (χ1n) is 19.2. The van der Waals surface area contributed by atoms with Gasteiger partial charge in [-0.25, -0.2) is 19.9 Å². The molecular formula is C46H44F2IN12O3-. The van der Waals surface area contributed by atoms with Crippen molar-refractivity contribution >= 4 is 23.5 Å². The molecule has 0 bridgehead atoms. The van der Waals surface area contributed by atoms with Gasteiger partial charge in [0.05, 0.1) is 35.6 Å². The predicted molar refractivity (Wildman–Crippen MR) is 237 cm³/mol. The summed E-state index contributed by atoms with van der Waals surface area (Å²) in [4.78, 5) is 48.7. The van der Waals surface area contributed by atoms with Gasteiger partial charge in [0.15, 0.2) is 0 Å². The van der Waals surface area contributed by atoms with Gasteiger partial charge in [-0.05, 0) is 96.8 Å². The SMILES string of the molecule is C.Cc1cc(CC(=O)Nc2ccc(-c3cccnn3)cn2)cnc1-c1ccnc(F)c1.Cc1cc(CC(=O)O)cnc1-c1ccnc(F)c1.Nc1ccc(-c2cccnn2)cn1.[2H][I-]C. The molecule has 0 aliphatic heterocycles. The summed E-state index contributed by atoms with van der Waals surface area (Å²) in [5.41, 5.74) is 14.3. The van der Waals surface area contributed by atoms with Gasteiger partial charge < -0.3 is 16.2 Å². The van der Waals surface area contributed by atoms with Crippen LogP contribution in [0.2, 0.25) is 0 Å². The Bertz CT molecular complexity index is 2760. The molecule has 0 aliphatic rings. The first-order chi connectivity index (χ1) is 30.9. The Morgan fingerprint density at radius 3 is 1.56 bits per heavy atom. The van der Waals surface area contributed by atoms with Crippen molar-refractivity contribution in [2.24, 2.45) is 0 Å². The van der Waals surface area contributed by atoms with Crippen LogP contribution in [0.15, 0.2) is 135 Å². The summed E-state index contributed by atoms with van der Waals surface area (Å²) >= 11 is -0.160. The van der Waals surface area contributed by atoms with Gasteiger partial charge in [0, 0.05) is 84.0 Å². The van der Waals surface area contributed by atoms with Gasteiger partial charge in [-0.2, -0.15) is 29.2 Å². The number of halogens is 3. The second kappa shape index (κ2) is 24.7. The number of aliphatic carboxylic acids is 1. The quantitative estimate of drug-likeness (QED) is 0.103. The van der Waals surface area contributed by atoms with Crippen LogP contribution in [0, 0.1) is 25.7 Å². The van der Waals surface area contributed by atoms with Crippen LogP contribution < -0.4 is 33.4 Å². The molecule has 0 unspecified atom stereocenters. The number of rotatable bonds is 9. The van der Waals surface area contributed by atoms with Crippen LogP contribution in [0.25, 0.3) is 45.0 Å². The number of carbonyl (C=O) groups excluding carboxylic acids is 1. The molecule has 18 heteroatoms. The molecule has 64 heavy (non-hydrogen) atoms. The first kappa shape index (κ1) is 47.4. The third-order valence-electron chi connectivity index (χ3n) is 8.54. The number of hydrogen-bond donors (Lipinski definition) is 3. The number of nitrogen functional groups attached to an aromatic ring is 1. The maximum absolute atomic E-state index is 13.4. The van der Waals surface area contributed by atoms with E-state index in [2.05, 4.69) is 55.6 Å². The third-order valence-corrected chi connectivity index (χ3v) is 8.54. The number of aryl methyl sites for hydroxylation is 2. The van der Waals surface area contributed by atoms with Crippen molar-refractivity contribution in [3.8, 4) is 45.0 Å². The van der Waals surface area contributed by atoms with Crippen LogP contribution in [0.3, 0.4) is 0 Å². The zero-order chi connectivity index (χ0) is 45.8. The minimum atomic E-state index is -0.904. The molecule has 0 aliphatic carbocycles. The average molecular weight is 979 g/mol. The molecule has 8 aromatic heterocycles. The second-order valence-electron chi connectivity index (χ2n) is 13.2. The second-order valence-corrected chi connectivity index (χ2v) is 13.2. The number of nitrogens with one attached hydrogen (secondary N) is 1. The number of alkyl halides is 1. The Balaban J connectivity index is 0.000000224. The number of anilines is 2. The van der Waals surface area contributed by atoms with Crippen molar-refractivity contribution in [1.29, 1.82) is 0.594 Å². The van der Waals surface area contributed by atoms with E-state index in [1.54, 1.807) is 67.4 Å². The maximum atomic E-state index is 13.4. The summed E-state index contributed by atoms with van der Waals surface area (Å²) < 4.78 is 32.7. The Kier molecular flexibility index (Phi) is 18.3. The number of aromatic nitrogens is 10. The summed E-state index contributed by atoms with van der Waals surface area (Å²) in [7, 11) is 0. The van der Waals surface area contributed by atoms with E-state index in [9.17, 15) is 18.4 Å². The predicted octanol–water partition coefficient (Wildman–Crippen LogP) is 4.50. The van der Waals surface area contributed by atoms with Crippen LogP contribution >= 0.6 is 0 Å². The minimum absolute atomic E-state index is 0. The van der Waals surface area contributed by atoms with E-state index in [1.807, 2.05) is 55.2 Å². The summed E-state index contributed by atoms with van der Waals surface area (Å²) in [5, 5.41) is 27.1. The van der Waals surface area contributed by atoms with Crippen molar-refractivity contribution in [3.05, 3.63) is 169 Å². The number of carbonyl (C=O) groups is 2. The molecule has 4 N–H and O–H groups in total. The number of amides is 1. The number of pyridine rings is 6. The Labute approximate surface area is 382 Å². The molecule has 15 nitrogen and oxygen atoms in total. The summed E-state index contributed by atoms with van der Waals surface area (Å²) in [6.45, 7) is 3.68. The molecule has 328 valence electrons. The summed E-state index contributed by atoms with van der Waals surface area (Å²) in [6.07, 6.45) is 12.5. The molecule has 8 aromatic rings. The topological polar surface area (TPSA) is 221 Å². The van der Waals surface area contributed by atoms with Gasteiger partial charge in [-0.3, -0.25) is 19.6 Å². The fraction of sp³-hybridized carbons (Fsp3) is 0.130. The van der Waals surface area contributed by atoms with Crippen molar-refractivity contribution in [1.82, 2.24) is 50.3 Å². The van der Waals surface area contributed by atoms with E-state index in [1.165, 1.54) is 30.7 Å². The molecule has 8 heterocycles. The molecule has 0 fully saturated rings. The van der Waals surface area contributed by atoms with E-state index < -0.39 is 17.9 Å². The van der Waals surface area contributed by atoms with E-state index in [-0.39, 0.29) is 48.6 Å². The molecule has 0 saturated heterocycles. The molecule has 8 rings (SSSR count). The van der Waals surface area contributed by atoms with Gasteiger partial charge in [0.25, 0.3) is 0 Å². The van der Waals surface area contributed by atoms with Crippen LogP contribution in [0.1, 0.15) is 29.7 Å². The van der Waals surface area contributed by atoms with E-state index in [0.717, 1.165) is 33.5 Å². The number of carboxylic acids is 1.